The molecule has 2 aromatic rings. The molecule has 1 saturated heterocycles. The Kier molecular flexibility index (Phi) is 16.7. The van der Waals surface area contributed by atoms with E-state index < -0.39 is 6.03 Å². The summed E-state index contributed by atoms with van der Waals surface area (Å²) in [7, 11) is 0. The molecule has 0 bridgehead atoms. The number of benzene rings is 2. The molecule has 9 heteroatoms. The van der Waals surface area contributed by atoms with Gasteiger partial charge in [0.05, 0.1) is 11.1 Å². The van der Waals surface area contributed by atoms with Crippen LogP contribution in [-0.4, -0.2) is 39.7 Å². The topological polar surface area (TPSA) is 104 Å². The van der Waals surface area contributed by atoms with Gasteiger partial charge in [0.1, 0.15) is 0 Å². The molecule has 3 unspecified atom stereocenters. The predicted octanol–water partition coefficient (Wildman–Crippen LogP) is 8.44. The van der Waals surface area contributed by atoms with Crippen LogP contribution in [0.5, 0.6) is 11.5 Å². The van der Waals surface area contributed by atoms with E-state index in [1.54, 1.807) is 0 Å². The van der Waals surface area contributed by atoms with Crippen LogP contribution in [0.4, 0.5) is 0 Å². The summed E-state index contributed by atoms with van der Waals surface area (Å²) in [6.45, 7) is 41.0. The van der Waals surface area contributed by atoms with Gasteiger partial charge in [-0.05, 0) is 65.2 Å². The van der Waals surface area contributed by atoms with E-state index in [1.807, 2.05) is 0 Å². The van der Waals surface area contributed by atoms with Crippen molar-refractivity contribution in [3.05, 3.63) is 84.2 Å². The van der Waals surface area contributed by atoms with Gasteiger partial charge in [-0.25, -0.2) is 0 Å². The monoisotopic (exact) mass is 741 g/mol. The number of aryl methyl sites for hydroxylation is 1. The molecule has 51 heavy (non-hydrogen) atoms. The van der Waals surface area contributed by atoms with Gasteiger partial charge < -0.3 is 9.47 Å². The molecule has 0 N–H and O–H groups in total. The number of fused-ring (bicyclic) bond motifs is 5. The van der Waals surface area contributed by atoms with Crippen LogP contribution in [0, 0.1) is 26.6 Å². The van der Waals surface area contributed by atoms with E-state index in [4.69, 9.17) is 28.1 Å². The largest absolute Gasteiger partial charge is 0 e. The summed E-state index contributed by atoms with van der Waals surface area (Å²) in [5.41, 5.74) is 7.61. The molecular formula is C42H54CoN2O6+2. The Balaban J connectivity index is 0.00000135. The first-order chi connectivity index (χ1) is 23.6. The molecule has 1 radical (unpaired) electrons. The predicted molar refractivity (Wildman–Crippen MR) is 189 cm³/mol. The zero-order valence-electron chi connectivity index (χ0n) is 32.0. The summed E-state index contributed by atoms with van der Waals surface area (Å²) < 4.78 is 49.7. The van der Waals surface area contributed by atoms with Crippen LogP contribution < -0.4 is 9.47 Å². The molecule has 1 saturated carbocycles. The Labute approximate surface area is 316 Å². The standard InChI is InChI=1S/C38H54N2O2.4CO.Co/c1-11-12-13-16-25-19-26-23-39-31-17-14-15-18-32(31)40-24-27-21-28(35(2,3)4)22-30(37(8,9)10)34(27)42-38(39,40)41-33(26)29(20-25)36(5,6)7;4*1-2;/h19-24,31-32H,11-18H2,1-10H3;;;;;/q+2;;;;;. The first-order valence-corrected chi connectivity index (χ1v) is 17.5. The first kappa shape index (κ1) is 45.9. The molecular weight excluding hydrogens is 687 g/mol. The zero-order chi connectivity index (χ0) is 38.2. The van der Waals surface area contributed by atoms with Gasteiger partial charge in [-0.15, -0.1) is 0 Å². The van der Waals surface area contributed by atoms with E-state index >= 15 is 0 Å². The Hall–Kier alpha value is -3.15. The van der Waals surface area contributed by atoms with Crippen molar-refractivity contribution in [2.45, 2.75) is 155 Å². The summed E-state index contributed by atoms with van der Waals surface area (Å²) in [5, 5.41) is 0. The van der Waals surface area contributed by atoms with Crippen molar-refractivity contribution in [1.82, 2.24) is 0 Å². The van der Waals surface area contributed by atoms with Gasteiger partial charge in [0.2, 0.25) is 12.1 Å². The Morgan fingerprint density at radius 3 is 1.49 bits per heavy atom. The van der Waals surface area contributed by atoms with E-state index in [0.29, 0.717) is 12.1 Å². The minimum absolute atomic E-state index is 0. The molecule has 3 aliphatic heterocycles. The fourth-order valence-electron chi connectivity index (χ4n) is 7.50. The minimum atomic E-state index is -1.01. The molecule has 6 rings (SSSR count). The van der Waals surface area contributed by atoms with Gasteiger partial charge in [0, 0.05) is 40.7 Å². The average Bonchev–Trinajstić information content (AvgIpc) is 3.36. The van der Waals surface area contributed by atoms with Crippen molar-refractivity contribution in [2.24, 2.45) is 0 Å². The number of ether oxygens (including phenoxy) is 2. The number of unbranched alkanes of at least 4 members (excludes halogenated alkanes) is 2. The maximum Gasteiger partial charge on any atom is 0 e. The van der Waals surface area contributed by atoms with Crippen LogP contribution in [0.2, 0.25) is 0 Å². The normalized spacial score (nSPS) is 20.5. The van der Waals surface area contributed by atoms with Crippen LogP contribution >= 0.6 is 0 Å². The van der Waals surface area contributed by atoms with Crippen LogP contribution in [0.3, 0.4) is 0 Å². The second kappa shape index (κ2) is 18.6. The molecule has 1 aliphatic carbocycles. The molecule has 0 aromatic heterocycles. The zero-order valence-corrected chi connectivity index (χ0v) is 33.0. The Morgan fingerprint density at radius 1 is 0.647 bits per heavy atom. The third-order valence-corrected chi connectivity index (χ3v) is 9.93. The van der Waals surface area contributed by atoms with Crippen LogP contribution in [0.15, 0.2) is 24.3 Å². The van der Waals surface area contributed by atoms with Gasteiger partial charge in [-0.2, -0.15) is 0 Å². The SMILES string of the molecule is CCCCCc1cc2c(c(C(C)(C)C)c1)OC13Oc4c(cc(C(C)(C)C)cc4C(C)(C)C)C=[N+]1C1CCCCC1[N+]3=C2.[C-]#[O+].[C-]#[O+].[C-]#[O+].[C-]#[O+].[Co]. The van der Waals surface area contributed by atoms with Crippen molar-refractivity contribution >= 4 is 12.4 Å². The quantitative estimate of drug-likeness (QED) is 0.136. The molecule has 3 heterocycles. The third-order valence-electron chi connectivity index (χ3n) is 9.93. The molecule has 8 nitrogen and oxygen atoms in total. The molecule has 0 amide bonds. The van der Waals surface area contributed by atoms with Crippen molar-refractivity contribution in [2.75, 3.05) is 0 Å². The fourth-order valence-corrected chi connectivity index (χ4v) is 7.50. The number of hydrogen-bond acceptors (Lipinski definition) is 2. The minimum Gasteiger partial charge on any atom is 0 e. The van der Waals surface area contributed by atoms with Gasteiger partial charge >= 0.3 is 51.2 Å². The van der Waals surface area contributed by atoms with E-state index in [1.165, 1.54) is 65.5 Å². The first-order valence-electron chi connectivity index (χ1n) is 17.5. The molecule has 3 atom stereocenters. The summed E-state index contributed by atoms with van der Waals surface area (Å²) in [6, 6.07) is 9.26. The van der Waals surface area contributed by atoms with Crippen LogP contribution in [0.1, 0.15) is 148 Å². The van der Waals surface area contributed by atoms with E-state index in [9.17, 15) is 0 Å². The third kappa shape index (κ3) is 9.26. The van der Waals surface area contributed by atoms with Crippen molar-refractivity contribution in [3.8, 4) is 11.5 Å². The molecule has 2 aromatic carbocycles. The fraction of sp³-hybridized carbons (Fsp3) is 0.571. The van der Waals surface area contributed by atoms with Crippen LogP contribution in [-0.2, 0) is 58.1 Å². The smallest absolute Gasteiger partial charge is 0 e. The summed E-state index contributed by atoms with van der Waals surface area (Å²) >= 11 is 0. The van der Waals surface area contributed by atoms with E-state index in [2.05, 4.69) is 142 Å². The number of rotatable bonds is 4. The van der Waals surface area contributed by atoms with E-state index in [0.717, 1.165) is 30.8 Å². The Morgan fingerprint density at radius 2 is 1.08 bits per heavy atom. The second-order valence-corrected chi connectivity index (χ2v) is 16.5. The number of hydrogen-bond donors (Lipinski definition) is 0. The van der Waals surface area contributed by atoms with Crippen LogP contribution in [0.25, 0.3) is 0 Å². The van der Waals surface area contributed by atoms with Gasteiger partial charge in [0.15, 0.2) is 23.9 Å². The average molecular weight is 742 g/mol. The number of nitrogens with zero attached hydrogens (tertiary/aromatic N) is 2. The second-order valence-electron chi connectivity index (χ2n) is 16.5. The van der Waals surface area contributed by atoms with Crippen molar-refractivity contribution in [3.63, 3.8) is 0 Å². The maximum atomic E-state index is 7.50. The van der Waals surface area contributed by atoms with Crippen molar-refractivity contribution in [1.29, 1.82) is 0 Å². The summed E-state index contributed by atoms with van der Waals surface area (Å²) in [5.74, 6) is 1.96. The van der Waals surface area contributed by atoms with Gasteiger partial charge in [-0.3, -0.25) is 0 Å². The van der Waals surface area contributed by atoms with Crippen molar-refractivity contribution < 1.29 is 54.0 Å². The summed E-state index contributed by atoms with van der Waals surface area (Å²) in [6.07, 6.45) is 14.5. The molecule has 2 fully saturated rings. The molecule has 1 spiro atoms. The molecule has 275 valence electrons. The van der Waals surface area contributed by atoms with E-state index in [-0.39, 0.29) is 33.0 Å². The van der Waals surface area contributed by atoms with Gasteiger partial charge in [-0.1, -0.05) is 103 Å². The molecule has 4 aliphatic rings. The van der Waals surface area contributed by atoms with Gasteiger partial charge in [0.25, 0.3) is 0 Å². The summed E-state index contributed by atoms with van der Waals surface area (Å²) in [4.78, 5) is 0. The Bertz CT molecular complexity index is 1640. The maximum absolute atomic E-state index is 7.50.